The van der Waals surface area contributed by atoms with Gasteiger partial charge in [0, 0.05) is 31.8 Å². The molecule has 1 aliphatic rings. The van der Waals surface area contributed by atoms with E-state index in [2.05, 4.69) is 4.98 Å². The van der Waals surface area contributed by atoms with Gasteiger partial charge in [0.1, 0.15) is 0 Å². The molecule has 3 heterocycles. The van der Waals surface area contributed by atoms with E-state index in [4.69, 9.17) is 10.5 Å². The van der Waals surface area contributed by atoms with Crippen LogP contribution in [0.25, 0.3) is 4.96 Å². The molecule has 0 amide bonds. The molecule has 0 saturated carbocycles. The molecule has 20 heavy (non-hydrogen) atoms. The normalized spacial score (nSPS) is 20.2. The van der Waals surface area contributed by atoms with Crippen molar-refractivity contribution in [3.8, 4) is 0 Å². The monoisotopic (exact) mass is 316 g/mol. The number of aromatic nitrogens is 2. The van der Waals surface area contributed by atoms with Gasteiger partial charge in [-0.1, -0.05) is 0 Å². The van der Waals surface area contributed by atoms with Crippen LogP contribution in [0.2, 0.25) is 0 Å². The number of nitrogens with zero attached hydrogens (tertiary/aromatic N) is 3. The van der Waals surface area contributed by atoms with E-state index in [9.17, 15) is 8.42 Å². The SMILES string of the molecule is CN(CC1CCCO1)S(=O)(=O)c1c(N)nc2sccn12. The number of hydrogen-bond donors (Lipinski definition) is 1. The number of imidazole rings is 1. The highest BCUT2D eigenvalue weighted by Gasteiger charge is 2.31. The van der Waals surface area contributed by atoms with E-state index < -0.39 is 10.0 Å². The van der Waals surface area contributed by atoms with Crippen molar-refractivity contribution < 1.29 is 13.2 Å². The summed E-state index contributed by atoms with van der Waals surface area (Å²) in [6.45, 7) is 1.03. The maximum absolute atomic E-state index is 12.6. The van der Waals surface area contributed by atoms with E-state index in [-0.39, 0.29) is 16.9 Å². The number of anilines is 1. The highest BCUT2D eigenvalue weighted by atomic mass is 32.2. The summed E-state index contributed by atoms with van der Waals surface area (Å²) in [6, 6.07) is 0. The summed E-state index contributed by atoms with van der Waals surface area (Å²) < 4.78 is 33.6. The topological polar surface area (TPSA) is 89.9 Å². The highest BCUT2D eigenvalue weighted by Crippen LogP contribution is 2.26. The Balaban J connectivity index is 1.94. The summed E-state index contributed by atoms with van der Waals surface area (Å²) in [5, 5.41) is 1.81. The minimum Gasteiger partial charge on any atom is -0.381 e. The summed E-state index contributed by atoms with van der Waals surface area (Å²) in [7, 11) is -2.13. The molecule has 1 fully saturated rings. The Morgan fingerprint density at radius 2 is 2.45 bits per heavy atom. The summed E-state index contributed by atoms with van der Waals surface area (Å²) in [5.41, 5.74) is 5.77. The Bertz CT molecular complexity index is 715. The van der Waals surface area contributed by atoms with Gasteiger partial charge in [0.15, 0.2) is 15.8 Å². The molecule has 1 saturated heterocycles. The first-order valence-corrected chi connectivity index (χ1v) is 8.61. The maximum Gasteiger partial charge on any atom is 0.262 e. The first kappa shape index (κ1) is 13.8. The average molecular weight is 316 g/mol. The molecule has 110 valence electrons. The lowest BCUT2D eigenvalue weighted by molar-refractivity contribution is 0.0978. The highest BCUT2D eigenvalue weighted by molar-refractivity contribution is 7.89. The fraction of sp³-hybridized carbons (Fsp3) is 0.545. The van der Waals surface area contributed by atoms with Crippen LogP contribution in [0, 0.1) is 0 Å². The second-order valence-corrected chi connectivity index (χ2v) is 7.61. The number of fused-ring (bicyclic) bond motifs is 1. The van der Waals surface area contributed by atoms with Gasteiger partial charge in [0.2, 0.25) is 0 Å². The van der Waals surface area contributed by atoms with Crippen molar-refractivity contribution in [2.75, 3.05) is 25.9 Å². The number of hydrogen-bond acceptors (Lipinski definition) is 6. The molecule has 0 aromatic carbocycles. The molecular weight excluding hydrogens is 300 g/mol. The first-order valence-electron chi connectivity index (χ1n) is 6.29. The third-order valence-corrected chi connectivity index (χ3v) is 6.00. The van der Waals surface area contributed by atoms with Crippen molar-refractivity contribution in [1.29, 1.82) is 0 Å². The Morgan fingerprint density at radius 3 is 3.15 bits per heavy atom. The van der Waals surface area contributed by atoms with Crippen LogP contribution in [0.1, 0.15) is 12.8 Å². The number of likely N-dealkylation sites (N-methyl/N-ethyl adjacent to an activating group) is 1. The van der Waals surface area contributed by atoms with Crippen molar-refractivity contribution in [3.05, 3.63) is 11.6 Å². The van der Waals surface area contributed by atoms with Crippen LogP contribution in [0.15, 0.2) is 16.6 Å². The standard InChI is InChI=1S/C11H16N4O3S2/c1-14(7-8-3-2-5-18-8)20(16,17)10-9(12)13-11-15(10)4-6-19-11/h4,6,8H,2-3,5,7,12H2,1H3. The zero-order valence-electron chi connectivity index (χ0n) is 11.0. The summed E-state index contributed by atoms with van der Waals surface area (Å²) in [6.07, 6.45) is 3.48. The average Bonchev–Trinajstić information content (AvgIpc) is 3.05. The van der Waals surface area contributed by atoms with E-state index in [0.717, 1.165) is 12.8 Å². The van der Waals surface area contributed by atoms with Gasteiger partial charge in [-0.25, -0.2) is 13.4 Å². The van der Waals surface area contributed by atoms with Crippen LogP contribution in [0.4, 0.5) is 5.82 Å². The summed E-state index contributed by atoms with van der Waals surface area (Å²) in [5.74, 6) is 0.0380. The lowest BCUT2D eigenvalue weighted by atomic mass is 10.2. The minimum atomic E-state index is -3.67. The number of thiazole rings is 1. The molecule has 2 aromatic rings. The Labute approximate surface area is 121 Å². The lowest BCUT2D eigenvalue weighted by Gasteiger charge is -2.20. The summed E-state index contributed by atoms with van der Waals surface area (Å²) in [4.78, 5) is 4.65. The van der Waals surface area contributed by atoms with Gasteiger partial charge < -0.3 is 10.5 Å². The van der Waals surface area contributed by atoms with Crippen molar-refractivity contribution in [2.45, 2.75) is 24.0 Å². The molecular formula is C11H16N4O3S2. The molecule has 0 spiro atoms. The third-order valence-electron chi connectivity index (χ3n) is 3.38. The number of nitrogen functional groups attached to an aromatic ring is 1. The fourth-order valence-electron chi connectivity index (χ4n) is 2.36. The van der Waals surface area contributed by atoms with Crippen LogP contribution < -0.4 is 5.73 Å². The predicted molar refractivity (Wildman–Crippen MR) is 76.3 cm³/mol. The molecule has 0 aliphatic carbocycles. The van der Waals surface area contributed by atoms with Crippen molar-refractivity contribution in [1.82, 2.24) is 13.7 Å². The quantitative estimate of drug-likeness (QED) is 0.900. The largest absolute Gasteiger partial charge is 0.381 e. The van der Waals surface area contributed by atoms with Crippen LogP contribution in [0.3, 0.4) is 0 Å². The number of ether oxygens (including phenoxy) is 1. The Morgan fingerprint density at radius 1 is 1.65 bits per heavy atom. The van der Waals surface area contributed by atoms with Crippen molar-refractivity contribution in [3.63, 3.8) is 0 Å². The second kappa shape index (κ2) is 4.99. The number of nitrogens with two attached hydrogens (primary N) is 1. The van der Waals surface area contributed by atoms with Crippen molar-refractivity contribution in [2.24, 2.45) is 0 Å². The van der Waals surface area contributed by atoms with Crippen LogP contribution in [0.5, 0.6) is 0 Å². The molecule has 1 aliphatic heterocycles. The second-order valence-electron chi connectivity index (χ2n) is 4.78. The van der Waals surface area contributed by atoms with E-state index in [1.165, 1.54) is 20.0 Å². The molecule has 9 heteroatoms. The van der Waals surface area contributed by atoms with Gasteiger partial charge in [-0.05, 0) is 12.8 Å². The third kappa shape index (κ3) is 2.20. The minimum absolute atomic E-state index is 0.0363. The predicted octanol–water partition coefficient (Wildman–Crippen LogP) is 0.777. The van der Waals surface area contributed by atoms with E-state index in [0.29, 0.717) is 18.1 Å². The van der Waals surface area contributed by atoms with Gasteiger partial charge in [0.05, 0.1) is 6.10 Å². The van der Waals surface area contributed by atoms with Crippen LogP contribution in [-0.4, -0.2) is 48.4 Å². The molecule has 2 N–H and O–H groups in total. The molecule has 3 rings (SSSR count). The number of rotatable bonds is 4. The van der Waals surface area contributed by atoms with E-state index in [1.807, 2.05) is 0 Å². The first-order chi connectivity index (χ1) is 9.50. The molecule has 7 nitrogen and oxygen atoms in total. The lowest BCUT2D eigenvalue weighted by Crippen LogP contribution is -2.35. The van der Waals surface area contributed by atoms with Gasteiger partial charge >= 0.3 is 0 Å². The van der Waals surface area contributed by atoms with Crippen molar-refractivity contribution >= 4 is 32.1 Å². The number of sulfonamides is 1. The van der Waals surface area contributed by atoms with E-state index in [1.54, 1.807) is 18.6 Å². The van der Waals surface area contributed by atoms with Gasteiger partial charge in [-0.3, -0.25) is 4.40 Å². The summed E-state index contributed by atoms with van der Waals surface area (Å²) >= 11 is 1.35. The van der Waals surface area contributed by atoms with Crippen LogP contribution in [-0.2, 0) is 14.8 Å². The zero-order chi connectivity index (χ0) is 14.3. The molecule has 1 unspecified atom stereocenters. The van der Waals surface area contributed by atoms with Crippen LogP contribution >= 0.6 is 11.3 Å². The Kier molecular flexibility index (Phi) is 3.44. The zero-order valence-corrected chi connectivity index (χ0v) is 12.7. The molecule has 2 aromatic heterocycles. The smallest absolute Gasteiger partial charge is 0.262 e. The molecule has 0 bridgehead atoms. The molecule has 0 radical (unpaired) electrons. The Hall–Kier alpha value is -1.16. The molecule has 1 atom stereocenters. The fourth-order valence-corrected chi connectivity index (χ4v) is 4.50. The van der Waals surface area contributed by atoms with E-state index >= 15 is 0 Å². The van der Waals surface area contributed by atoms with Gasteiger partial charge in [-0.15, -0.1) is 11.3 Å². The van der Waals surface area contributed by atoms with Gasteiger partial charge in [0.25, 0.3) is 10.0 Å². The maximum atomic E-state index is 12.6. The van der Waals surface area contributed by atoms with Gasteiger partial charge in [-0.2, -0.15) is 4.31 Å².